The van der Waals surface area contributed by atoms with E-state index >= 15 is 0 Å². The monoisotopic (exact) mass is 341 g/mol. The fraction of sp³-hybridized carbons (Fsp3) is 0.368. The summed E-state index contributed by atoms with van der Waals surface area (Å²) in [7, 11) is 0. The van der Waals surface area contributed by atoms with Crippen LogP contribution in [0.2, 0.25) is 0 Å². The zero-order valence-corrected chi connectivity index (χ0v) is 14.6. The number of rotatable bonds is 3. The van der Waals surface area contributed by atoms with Crippen LogP contribution < -0.4 is 5.73 Å². The van der Waals surface area contributed by atoms with Gasteiger partial charge in [-0.25, -0.2) is 0 Å². The number of nitrogens with zero attached hydrogens (tertiary/aromatic N) is 2. The van der Waals surface area contributed by atoms with E-state index in [2.05, 4.69) is 0 Å². The highest BCUT2D eigenvalue weighted by atomic mass is 16.3. The van der Waals surface area contributed by atoms with Gasteiger partial charge >= 0.3 is 0 Å². The van der Waals surface area contributed by atoms with Gasteiger partial charge in [0.25, 0.3) is 5.91 Å². The van der Waals surface area contributed by atoms with Gasteiger partial charge in [-0.05, 0) is 43.7 Å². The lowest BCUT2D eigenvalue weighted by atomic mass is 9.83. The quantitative estimate of drug-likeness (QED) is 0.867. The lowest BCUT2D eigenvalue weighted by molar-refractivity contribution is -0.137. The highest BCUT2D eigenvalue weighted by molar-refractivity contribution is 5.92. The van der Waals surface area contributed by atoms with E-state index < -0.39 is 5.41 Å². The van der Waals surface area contributed by atoms with Crippen molar-refractivity contribution in [1.29, 1.82) is 0 Å². The minimum Gasteiger partial charge on any atom is -0.459 e. The van der Waals surface area contributed by atoms with E-state index in [4.69, 9.17) is 10.2 Å². The minimum absolute atomic E-state index is 0.0577. The smallest absolute Gasteiger partial charge is 0.289 e. The van der Waals surface area contributed by atoms with Crippen molar-refractivity contribution in [2.75, 3.05) is 31.9 Å². The Labute approximate surface area is 147 Å². The molecule has 0 aliphatic carbocycles. The van der Waals surface area contributed by atoms with E-state index in [-0.39, 0.29) is 11.8 Å². The molecule has 0 bridgehead atoms. The lowest BCUT2D eigenvalue weighted by Gasteiger charge is -2.38. The van der Waals surface area contributed by atoms with Gasteiger partial charge in [-0.2, -0.15) is 0 Å². The predicted octanol–water partition coefficient (Wildman–Crippen LogP) is 2.12. The number of amides is 2. The highest BCUT2D eigenvalue weighted by Gasteiger charge is 2.36. The van der Waals surface area contributed by atoms with Crippen LogP contribution in [0, 0.1) is 0 Å². The maximum atomic E-state index is 13.0. The second-order valence-corrected chi connectivity index (χ2v) is 6.81. The van der Waals surface area contributed by atoms with Crippen LogP contribution in [0.3, 0.4) is 0 Å². The number of hydrogen-bond acceptors (Lipinski definition) is 4. The number of benzene rings is 1. The first kappa shape index (κ1) is 17.1. The minimum atomic E-state index is -0.638. The number of nitrogens with two attached hydrogens (primary N) is 1. The van der Waals surface area contributed by atoms with Gasteiger partial charge in [0.05, 0.1) is 11.7 Å². The second kappa shape index (κ2) is 6.63. The van der Waals surface area contributed by atoms with Gasteiger partial charge in [-0.3, -0.25) is 9.59 Å². The summed E-state index contributed by atoms with van der Waals surface area (Å²) in [5, 5.41) is 0. The SMILES string of the molecule is CC(C)(C(=O)N1CCN(C(=O)c2ccco2)CC1)c1ccc(N)cc1. The van der Waals surface area contributed by atoms with Crippen molar-refractivity contribution in [3.8, 4) is 0 Å². The summed E-state index contributed by atoms with van der Waals surface area (Å²) in [6, 6.07) is 10.8. The molecule has 2 heterocycles. The van der Waals surface area contributed by atoms with Crippen molar-refractivity contribution >= 4 is 17.5 Å². The number of carbonyl (C=O) groups is 2. The van der Waals surface area contributed by atoms with Crippen LogP contribution in [0.5, 0.6) is 0 Å². The molecule has 0 unspecified atom stereocenters. The van der Waals surface area contributed by atoms with Crippen molar-refractivity contribution in [3.63, 3.8) is 0 Å². The fourth-order valence-corrected chi connectivity index (χ4v) is 3.09. The van der Waals surface area contributed by atoms with Gasteiger partial charge in [-0.1, -0.05) is 12.1 Å². The third-order valence-electron chi connectivity index (χ3n) is 4.75. The molecule has 0 atom stereocenters. The van der Waals surface area contributed by atoms with Crippen LogP contribution >= 0.6 is 0 Å². The normalized spacial score (nSPS) is 15.3. The summed E-state index contributed by atoms with van der Waals surface area (Å²) in [5.41, 5.74) is 6.70. The molecule has 1 aromatic heterocycles. The van der Waals surface area contributed by atoms with E-state index in [1.165, 1.54) is 6.26 Å². The molecule has 6 heteroatoms. The summed E-state index contributed by atoms with van der Waals surface area (Å²) in [6.07, 6.45) is 1.49. The average Bonchev–Trinajstić information content (AvgIpc) is 3.15. The van der Waals surface area contributed by atoms with E-state index in [0.29, 0.717) is 37.6 Å². The first-order chi connectivity index (χ1) is 11.9. The van der Waals surface area contributed by atoms with E-state index in [1.54, 1.807) is 17.0 Å². The van der Waals surface area contributed by atoms with E-state index in [1.807, 2.05) is 43.0 Å². The van der Waals surface area contributed by atoms with E-state index in [9.17, 15) is 9.59 Å². The molecule has 0 spiro atoms. The summed E-state index contributed by atoms with van der Waals surface area (Å²) in [5.74, 6) is 0.263. The summed E-state index contributed by atoms with van der Waals surface area (Å²) in [4.78, 5) is 28.8. The maximum absolute atomic E-state index is 13.0. The van der Waals surface area contributed by atoms with Crippen molar-refractivity contribution in [1.82, 2.24) is 9.80 Å². The Morgan fingerprint density at radius 2 is 1.60 bits per heavy atom. The zero-order chi connectivity index (χ0) is 18.0. The van der Waals surface area contributed by atoms with Crippen LogP contribution in [-0.4, -0.2) is 47.8 Å². The Morgan fingerprint density at radius 1 is 1.00 bits per heavy atom. The number of carbonyl (C=O) groups excluding carboxylic acids is 2. The molecule has 1 aromatic carbocycles. The third kappa shape index (κ3) is 3.38. The average molecular weight is 341 g/mol. The number of piperazine rings is 1. The topological polar surface area (TPSA) is 79.8 Å². The third-order valence-corrected chi connectivity index (χ3v) is 4.75. The first-order valence-electron chi connectivity index (χ1n) is 8.38. The van der Waals surface area contributed by atoms with Gasteiger partial charge < -0.3 is 20.0 Å². The van der Waals surface area contributed by atoms with Crippen LogP contribution in [0.15, 0.2) is 47.1 Å². The van der Waals surface area contributed by atoms with Crippen molar-refractivity contribution in [3.05, 3.63) is 54.0 Å². The van der Waals surface area contributed by atoms with Crippen LogP contribution in [0.1, 0.15) is 30.0 Å². The molecule has 1 fully saturated rings. The molecule has 2 amide bonds. The lowest BCUT2D eigenvalue weighted by Crippen LogP contribution is -2.54. The van der Waals surface area contributed by atoms with Crippen LogP contribution in [0.25, 0.3) is 0 Å². The standard InChI is InChI=1S/C19H23N3O3/c1-19(2,14-5-7-15(20)8-6-14)18(24)22-11-9-21(10-12-22)17(23)16-4-3-13-25-16/h3-8,13H,9-12,20H2,1-2H3. The van der Waals surface area contributed by atoms with Crippen molar-refractivity contribution < 1.29 is 14.0 Å². The molecular formula is C19H23N3O3. The van der Waals surface area contributed by atoms with E-state index in [0.717, 1.165) is 5.56 Å². The molecular weight excluding hydrogens is 318 g/mol. The Hall–Kier alpha value is -2.76. The van der Waals surface area contributed by atoms with Crippen molar-refractivity contribution in [2.45, 2.75) is 19.3 Å². The van der Waals surface area contributed by atoms with Gasteiger partial charge in [-0.15, -0.1) is 0 Å². The van der Waals surface area contributed by atoms with Crippen molar-refractivity contribution in [2.24, 2.45) is 0 Å². The number of furan rings is 1. The molecule has 6 nitrogen and oxygen atoms in total. The molecule has 1 aliphatic rings. The molecule has 0 saturated carbocycles. The molecule has 25 heavy (non-hydrogen) atoms. The summed E-state index contributed by atoms with van der Waals surface area (Å²) >= 11 is 0. The summed E-state index contributed by atoms with van der Waals surface area (Å²) < 4.78 is 5.16. The Kier molecular flexibility index (Phi) is 4.53. The molecule has 0 radical (unpaired) electrons. The number of hydrogen-bond donors (Lipinski definition) is 1. The Balaban J connectivity index is 1.65. The number of nitrogen functional groups attached to an aromatic ring is 1. The summed E-state index contributed by atoms with van der Waals surface area (Å²) in [6.45, 7) is 5.88. The maximum Gasteiger partial charge on any atom is 0.289 e. The van der Waals surface area contributed by atoms with Gasteiger partial charge in [0, 0.05) is 31.9 Å². The molecule has 2 N–H and O–H groups in total. The Morgan fingerprint density at radius 3 is 2.16 bits per heavy atom. The first-order valence-corrected chi connectivity index (χ1v) is 8.38. The molecule has 3 rings (SSSR count). The second-order valence-electron chi connectivity index (χ2n) is 6.81. The van der Waals surface area contributed by atoms with Gasteiger partial charge in [0.1, 0.15) is 0 Å². The van der Waals surface area contributed by atoms with Crippen LogP contribution in [0.4, 0.5) is 5.69 Å². The number of anilines is 1. The molecule has 1 saturated heterocycles. The van der Waals surface area contributed by atoms with Gasteiger partial charge in [0.15, 0.2) is 5.76 Å². The van der Waals surface area contributed by atoms with Gasteiger partial charge in [0.2, 0.25) is 5.91 Å². The molecule has 2 aromatic rings. The predicted molar refractivity (Wildman–Crippen MR) is 95.1 cm³/mol. The zero-order valence-electron chi connectivity index (χ0n) is 14.6. The molecule has 1 aliphatic heterocycles. The fourth-order valence-electron chi connectivity index (χ4n) is 3.09. The highest BCUT2D eigenvalue weighted by Crippen LogP contribution is 2.27. The largest absolute Gasteiger partial charge is 0.459 e. The Bertz CT molecular complexity index is 743. The molecule has 132 valence electrons. The van der Waals surface area contributed by atoms with Crippen LogP contribution in [-0.2, 0) is 10.2 Å².